The Bertz CT molecular complexity index is 801. The lowest BCUT2D eigenvalue weighted by Crippen LogP contribution is -2.55. The van der Waals surface area contributed by atoms with E-state index in [1.54, 1.807) is 15.8 Å². The molecule has 0 radical (unpaired) electrons. The van der Waals surface area contributed by atoms with E-state index in [4.69, 9.17) is 0 Å². The minimum absolute atomic E-state index is 0.329. The molecule has 2 saturated heterocycles. The monoisotopic (exact) mass is 391 g/mol. The van der Waals surface area contributed by atoms with Gasteiger partial charge in [-0.3, -0.25) is 4.90 Å². The van der Waals surface area contributed by atoms with Gasteiger partial charge >= 0.3 is 0 Å². The summed E-state index contributed by atoms with van der Waals surface area (Å²) in [6.07, 6.45) is 2.02. The molecule has 4 rings (SSSR count). The number of para-hydroxylation sites is 1. The SMILES string of the molecule is O=S(=O)(c1ccsc1)N1CCCC(N2CCN(c3ccccc3)CC2)C1. The summed E-state index contributed by atoms with van der Waals surface area (Å²) in [5, 5.41) is 3.56. The number of hydrogen-bond acceptors (Lipinski definition) is 5. The van der Waals surface area contributed by atoms with Gasteiger partial charge in [0.05, 0.1) is 4.90 Å². The van der Waals surface area contributed by atoms with E-state index in [2.05, 4.69) is 34.1 Å². The van der Waals surface area contributed by atoms with Crippen LogP contribution in [0.5, 0.6) is 0 Å². The van der Waals surface area contributed by atoms with E-state index in [0.717, 1.165) is 39.0 Å². The van der Waals surface area contributed by atoms with Crippen molar-refractivity contribution in [2.24, 2.45) is 0 Å². The minimum Gasteiger partial charge on any atom is -0.369 e. The van der Waals surface area contributed by atoms with Crippen molar-refractivity contribution >= 4 is 27.0 Å². The van der Waals surface area contributed by atoms with Crippen LogP contribution in [0.1, 0.15) is 12.8 Å². The third-order valence-electron chi connectivity index (χ3n) is 5.44. The summed E-state index contributed by atoms with van der Waals surface area (Å²) in [6.45, 7) is 5.23. The Kier molecular flexibility index (Phi) is 5.31. The maximum atomic E-state index is 12.8. The van der Waals surface area contributed by atoms with Crippen LogP contribution in [0, 0.1) is 0 Å². The summed E-state index contributed by atoms with van der Waals surface area (Å²) in [6, 6.07) is 12.6. The molecule has 0 bridgehead atoms. The number of anilines is 1. The van der Waals surface area contributed by atoms with Gasteiger partial charge in [0.2, 0.25) is 10.0 Å². The summed E-state index contributed by atoms with van der Waals surface area (Å²) in [5.41, 5.74) is 1.28. The van der Waals surface area contributed by atoms with Crippen molar-refractivity contribution in [2.45, 2.75) is 23.8 Å². The van der Waals surface area contributed by atoms with Crippen LogP contribution in [0.15, 0.2) is 52.1 Å². The first-order chi connectivity index (χ1) is 12.6. The zero-order valence-electron chi connectivity index (χ0n) is 14.8. The molecular weight excluding hydrogens is 366 g/mol. The second kappa shape index (κ2) is 7.68. The first-order valence-electron chi connectivity index (χ1n) is 9.21. The van der Waals surface area contributed by atoms with Gasteiger partial charge in [-0.15, -0.1) is 0 Å². The predicted octanol–water partition coefficient (Wildman–Crippen LogP) is 2.72. The number of nitrogens with zero attached hydrogens (tertiary/aromatic N) is 3. The highest BCUT2D eigenvalue weighted by molar-refractivity contribution is 7.89. The van der Waals surface area contributed by atoms with Crippen molar-refractivity contribution in [1.29, 1.82) is 0 Å². The number of benzene rings is 1. The average Bonchev–Trinajstić information content (AvgIpc) is 3.25. The van der Waals surface area contributed by atoms with Gasteiger partial charge in [-0.05, 0) is 36.4 Å². The van der Waals surface area contributed by atoms with Gasteiger partial charge in [0.15, 0.2) is 0 Å². The maximum Gasteiger partial charge on any atom is 0.243 e. The molecule has 2 aliphatic heterocycles. The molecule has 1 unspecified atom stereocenters. The molecule has 1 aromatic heterocycles. The molecule has 1 atom stereocenters. The lowest BCUT2D eigenvalue weighted by molar-refractivity contribution is 0.128. The van der Waals surface area contributed by atoms with E-state index in [-0.39, 0.29) is 0 Å². The standard InChI is InChI=1S/C19H25N3O2S2/c23-26(24,19-8-14-25-16-19)22-9-4-7-18(15-22)21-12-10-20(11-13-21)17-5-2-1-3-6-17/h1-3,5-6,8,14,16,18H,4,7,9-13,15H2. The molecule has 2 fully saturated rings. The van der Waals surface area contributed by atoms with E-state index in [9.17, 15) is 8.42 Å². The first kappa shape index (κ1) is 18.0. The van der Waals surface area contributed by atoms with Gasteiger partial charge in [0, 0.05) is 56.4 Å². The van der Waals surface area contributed by atoms with Gasteiger partial charge in [-0.2, -0.15) is 15.6 Å². The highest BCUT2D eigenvalue weighted by atomic mass is 32.2. The van der Waals surface area contributed by atoms with E-state index >= 15 is 0 Å². The normalized spacial score (nSPS) is 23.2. The zero-order valence-corrected chi connectivity index (χ0v) is 16.5. The molecule has 0 saturated carbocycles. The summed E-state index contributed by atoms with van der Waals surface area (Å²) in [5.74, 6) is 0. The van der Waals surface area contributed by atoms with Crippen LogP contribution in [0.25, 0.3) is 0 Å². The molecule has 0 spiro atoms. The Balaban J connectivity index is 1.38. The third kappa shape index (κ3) is 3.67. The van der Waals surface area contributed by atoms with Crippen LogP contribution >= 0.6 is 11.3 Å². The Labute approximate surface area is 159 Å². The molecule has 0 N–H and O–H groups in total. The van der Waals surface area contributed by atoms with Gasteiger partial charge in [0.25, 0.3) is 0 Å². The summed E-state index contributed by atoms with van der Waals surface area (Å²) < 4.78 is 27.3. The second-order valence-electron chi connectivity index (χ2n) is 6.98. The van der Waals surface area contributed by atoms with Crippen LogP contribution in [0.2, 0.25) is 0 Å². The van der Waals surface area contributed by atoms with Crippen LogP contribution in [0.3, 0.4) is 0 Å². The quantitative estimate of drug-likeness (QED) is 0.804. The Hall–Kier alpha value is -1.41. The number of thiophene rings is 1. The van der Waals surface area contributed by atoms with Crippen molar-refractivity contribution in [3.63, 3.8) is 0 Å². The minimum atomic E-state index is -3.34. The smallest absolute Gasteiger partial charge is 0.243 e. The molecule has 5 nitrogen and oxygen atoms in total. The fourth-order valence-corrected chi connectivity index (χ4v) is 6.50. The fourth-order valence-electron chi connectivity index (χ4n) is 3.97. The van der Waals surface area contributed by atoms with Crippen molar-refractivity contribution in [2.75, 3.05) is 44.2 Å². The average molecular weight is 392 g/mol. The summed E-state index contributed by atoms with van der Waals surface area (Å²) in [7, 11) is -3.34. The van der Waals surface area contributed by atoms with Crippen molar-refractivity contribution in [3.8, 4) is 0 Å². The number of piperazine rings is 1. The van der Waals surface area contributed by atoms with Crippen molar-refractivity contribution < 1.29 is 8.42 Å². The van der Waals surface area contributed by atoms with Crippen LogP contribution in [-0.4, -0.2) is 62.9 Å². The van der Waals surface area contributed by atoms with E-state index in [0.29, 0.717) is 24.0 Å². The van der Waals surface area contributed by atoms with Crippen molar-refractivity contribution in [3.05, 3.63) is 47.2 Å². The molecule has 2 aromatic rings. The molecule has 140 valence electrons. The van der Waals surface area contributed by atoms with Crippen molar-refractivity contribution in [1.82, 2.24) is 9.21 Å². The molecule has 26 heavy (non-hydrogen) atoms. The molecule has 3 heterocycles. The van der Waals surface area contributed by atoms with Crippen LogP contribution < -0.4 is 4.90 Å². The third-order valence-corrected chi connectivity index (χ3v) is 8.14. The Morgan fingerprint density at radius 1 is 0.962 bits per heavy atom. The molecular formula is C19H25N3O2S2. The van der Waals surface area contributed by atoms with Gasteiger partial charge in [-0.25, -0.2) is 8.42 Å². The second-order valence-corrected chi connectivity index (χ2v) is 9.69. The van der Waals surface area contributed by atoms with E-state index < -0.39 is 10.0 Å². The topological polar surface area (TPSA) is 43.9 Å². The molecule has 1 aromatic carbocycles. The lowest BCUT2D eigenvalue weighted by Gasteiger charge is -2.43. The molecule has 7 heteroatoms. The van der Waals surface area contributed by atoms with E-state index in [1.807, 2.05) is 11.4 Å². The fraction of sp³-hybridized carbons (Fsp3) is 0.474. The van der Waals surface area contributed by atoms with Gasteiger partial charge in [-0.1, -0.05) is 18.2 Å². The zero-order chi connectivity index (χ0) is 18.0. The highest BCUT2D eigenvalue weighted by Crippen LogP contribution is 2.25. The van der Waals surface area contributed by atoms with Gasteiger partial charge in [0.1, 0.15) is 0 Å². The predicted molar refractivity (Wildman–Crippen MR) is 106 cm³/mol. The number of rotatable bonds is 4. The first-order valence-corrected chi connectivity index (χ1v) is 11.6. The van der Waals surface area contributed by atoms with E-state index in [1.165, 1.54) is 17.0 Å². The molecule has 2 aliphatic rings. The van der Waals surface area contributed by atoms with Crippen LogP contribution in [0.4, 0.5) is 5.69 Å². The molecule has 0 aliphatic carbocycles. The lowest BCUT2D eigenvalue weighted by atomic mass is 10.0. The number of sulfonamides is 1. The Morgan fingerprint density at radius 2 is 1.73 bits per heavy atom. The number of hydrogen-bond donors (Lipinski definition) is 0. The molecule has 0 amide bonds. The highest BCUT2D eigenvalue weighted by Gasteiger charge is 2.34. The Morgan fingerprint density at radius 3 is 2.42 bits per heavy atom. The number of piperidine rings is 1. The summed E-state index contributed by atoms with van der Waals surface area (Å²) in [4.78, 5) is 5.34. The van der Waals surface area contributed by atoms with Gasteiger partial charge < -0.3 is 4.90 Å². The summed E-state index contributed by atoms with van der Waals surface area (Å²) >= 11 is 1.44. The maximum absolute atomic E-state index is 12.8. The van der Waals surface area contributed by atoms with Crippen LogP contribution in [-0.2, 0) is 10.0 Å². The largest absolute Gasteiger partial charge is 0.369 e.